The number of carbonyl (C=O) groups is 1. The molecule has 0 aliphatic carbocycles. The van der Waals surface area contributed by atoms with Gasteiger partial charge in [0.15, 0.2) is 0 Å². The molecule has 3 nitrogen and oxygen atoms in total. The van der Waals surface area contributed by atoms with Gasteiger partial charge in [0.25, 0.3) is 0 Å². The zero-order valence-electron chi connectivity index (χ0n) is 7.96. The lowest BCUT2D eigenvalue weighted by Crippen LogP contribution is -2.23. The summed E-state index contributed by atoms with van der Waals surface area (Å²) >= 11 is 0. The zero-order valence-corrected chi connectivity index (χ0v) is 7.96. The van der Waals surface area contributed by atoms with Crippen LogP contribution in [-0.4, -0.2) is 18.1 Å². The van der Waals surface area contributed by atoms with Gasteiger partial charge in [0.2, 0.25) is 0 Å². The zero-order chi connectivity index (χ0) is 9.61. The van der Waals surface area contributed by atoms with E-state index >= 15 is 0 Å². The Hall–Kier alpha value is -0.830. The minimum absolute atomic E-state index is 0.216. The highest BCUT2D eigenvalue weighted by molar-refractivity contribution is 5.71. The Morgan fingerprint density at radius 2 is 2.00 bits per heavy atom. The lowest BCUT2D eigenvalue weighted by atomic mass is 10.2. The second-order valence-electron chi connectivity index (χ2n) is 3.50. The molecule has 0 heterocycles. The third kappa shape index (κ3) is 7.28. The fourth-order valence-corrected chi connectivity index (χ4v) is 0.659. The molecule has 70 valence electrons. The Kier molecular flexibility index (Phi) is 4.59. The summed E-state index contributed by atoms with van der Waals surface area (Å²) in [5, 5.41) is 0. The van der Waals surface area contributed by atoms with E-state index in [2.05, 4.69) is 0 Å². The molecule has 0 bridgehead atoms. The molecule has 0 aliphatic heterocycles. The fraction of sp³-hybridized carbons (Fsp3) is 0.667. The number of esters is 1. The summed E-state index contributed by atoms with van der Waals surface area (Å²) in [6.45, 7) is 6.00. The molecular weight excluding hydrogens is 154 g/mol. The van der Waals surface area contributed by atoms with E-state index < -0.39 is 5.60 Å². The molecule has 0 aliphatic rings. The summed E-state index contributed by atoms with van der Waals surface area (Å²) in [7, 11) is 0. The molecule has 0 aromatic carbocycles. The Morgan fingerprint density at radius 1 is 1.42 bits per heavy atom. The lowest BCUT2D eigenvalue weighted by Gasteiger charge is -2.18. The van der Waals surface area contributed by atoms with Crippen molar-refractivity contribution in [3.63, 3.8) is 0 Å². The molecule has 0 amide bonds. The predicted octanol–water partition coefficient (Wildman–Crippen LogP) is 1.23. The van der Waals surface area contributed by atoms with Gasteiger partial charge in [-0.1, -0.05) is 12.2 Å². The second-order valence-corrected chi connectivity index (χ2v) is 3.50. The first kappa shape index (κ1) is 11.2. The number of hydrogen-bond donors (Lipinski definition) is 1. The number of hydrogen-bond acceptors (Lipinski definition) is 3. The van der Waals surface area contributed by atoms with Gasteiger partial charge in [0.05, 0.1) is 6.42 Å². The topological polar surface area (TPSA) is 52.3 Å². The van der Waals surface area contributed by atoms with Gasteiger partial charge in [-0.2, -0.15) is 0 Å². The van der Waals surface area contributed by atoms with Gasteiger partial charge in [0, 0.05) is 6.54 Å². The number of nitrogens with two attached hydrogens (primary N) is 1. The summed E-state index contributed by atoms with van der Waals surface area (Å²) < 4.78 is 5.05. The van der Waals surface area contributed by atoms with Crippen molar-refractivity contribution < 1.29 is 9.53 Å². The van der Waals surface area contributed by atoms with Crippen molar-refractivity contribution in [2.24, 2.45) is 5.73 Å². The van der Waals surface area contributed by atoms with Crippen LogP contribution in [-0.2, 0) is 9.53 Å². The van der Waals surface area contributed by atoms with Crippen molar-refractivity contribution >= 4 is 5.97 Å². The van der Waals surface area contributed by atoms with Gasteiger partial charge in [-0.3, -0.25) is 4.79 Å². The van der Waals surface area contributed by atoms with Gasteiger partial charge in [-0.25, -0.2) is 0 Å². The highest BCUT2D eigenvalue weighted by Gasteiger charge is 2.14. The van der Waals surface area contributed by atoms with Gasteiger partial charge >= 0.3 is 5.97 Å². The maximum atomic E-state index is 11.0. The molecule has 3 heteroatoms. The van der Waals surface area contributed by atoms with Gasteiger partial charge < -0.3 is 10.5 Å². The first-order valence-corrected chi connectivity index (χ1v) is 4.02. The quantitative estimate of drug-likeness (QED) is 0.513. The van der Waals surface area contributed by atoms with E-state index in [1.54, 1.807) is 12.2 Å². The molecular formula is C9H17NO2. The SMILES string of the molecule is CC(C)(C)OC(=O)C/C=C/CN. The van der Waals surface area contributed by atoms with E-state index in [0.29, 0.717) is 13.0 Å². The van der Waals surface area contributed by atoms with Crippen LogP contribution in [0.5, 0.6) is 0 Å². The molecule has 0 saturated heterocycles. The smallest absolute Gasteiger partial charge is 0.310 e. The lowest BCUT2D eigenvalue weighted by molar-refractivity contribution is -0.153. The van der Waals surface area contributed by atoms with Gasteiger partial charge in [0.1, 0.15) is 5.60 Å². The van der Waals surface area contributed by atoms with Gasteiger partial charge in [-0.05, 0) is 20.8 Å². The third-order valence-corrected chi connectivity index (χ3v) is 1.01. The molecule has 0 rings (SSSR count). The minimum Gasteiger partial charge on any atom is -0.460 e. The van der Waals surface area contributed by atoms with Crippen LogP contribution < -0.4 is 5.73 Å². The molecule has 0 spiro atoms. The number of ether oxygens (including phenoxy) is 1. The first-order chi connectivity index (χ1) is 5.45. The van der Waals surface area contributed by atoms with Crippen LogP contribution in [0.2, 0.25) is 0 Å². The standard InChI is InChI=1S/C9H17NO2/c1-9(2,3)12-8(11)6-4-5-7-10/h4-5H,6-7,10H2,1-3H3/b5-4+. The van der Waals surface area contributed by atoms with Crippen molar-refractivity contribution in [3.8, 4) is 0 Å². The Balaban J connectivity index is 3.68. The average Bonchev–Trinajstić information content (AvgIpc) is 1.84. The van der Waals surface area contributed by atoms with E-state index in [9.17, 15) is 4.79 Å². The van der Waals surface area contributed by atoms with Crippen LogP contribution in [0.4, 0.5) is 0 Å². The van der Waals surface area contributed by atoms with Crippen molar-refractivity contribution in [3.05, 3.63) is 12.2 Å². The first-order valence-electron chi connectivity index (χ1n) is 4.02. The average molecular weight is 171 g/mol. The fourth-order valence-electron chi connectivity index (χ4n) is 0.659. The largest absolute Gasteiger partial charge is 0.460 e. The third-order valence-electron chi connectivity index (χ3n) is 1.01. The Morgan fingerprint density at radius 3 is 2.42 bits per heavy atom. The molecule has 0 radical (unpaired) electrons. The molecule has 2 N–H and O–H groups in total. The van der Waals surface area contributed by atoms with Crippen molar-refractivity contribution in [2.75, 3.05) is 6.54 Å². The number of carbonyl (C=O) groups excluding carboxylic acids is 1. The molecule has 0 unspecified atom stereocenters. The Labute approximate surface area is 73.6 Å². The van der Waals surface area contributed by atoms with Crippen molar-refractivity contribution in [1.29, 1.82) is 0 Å². The second kappa shape index (κ2) is 4.93. The van der Waals surface area contributed by atoms with Crippen LogP contribution in [0.3, 0.4) is 0 Å². The van der Waals surface area contributed by atoms with Crippen molar-refractivity contribution in [1.82, 2.24) is 0 Å². The summed E-state index contributed by atoms with van der Waals surface area (Å²) in [4.78, 5) is 11.0. The van der Waals surface area contributed by atoms with E-state index in [1.165, 1.54) is 0 Å². The highest BCUT2D eigenvalue weighted by Crippen LogP contribution is 2.07. The number of rotatable bonds is 3. The van der Waals surface area contributed by atoms with E-state index in [4.69, 9.17) is 10.5 Å². The predicted molar refractivity (Wildman–Crippen MR) is 48.7 cm³/mol. The molecule has 0 aromatic rings. The Bertz CT molecular complexity index is 168. The molecule has 12 heavy (non-hydrogen) atoms. The summed E-state index contributed by atoms with van der Waals surface area (Å²) in [6, 6.07) is 0. The monoisotopic (exact) mass is 171 g/mol. The van der Waals surface area contributed by atoms with Crippen molar-refractivity contribution in [2.45, 2.75) is 32.8 Å². The van der Waals surface area contributed by atoms with Crippen LogP contribution in [0, 0.1) is 0 Å². The summed E-state index contributed by atoms with van der Waals surface area (Å²) in [5.74, 6) is -0.216. The normalized spacial score (nSPS) is 12.0. The molecule has 0 fully saturated rings. The van der Waals surface area contributed by atoms with Crippen LogP contribution in [0.25, 0.3) is 0 Å². The van der Waals surface area contributed by atoms with E-state index in [0.717, 1.165) is 0 Å². The molecule has 0 saturated carbocycles. The van der Waals surface area contributed by atoms with E-state index in [1.807, 2.05) is 20.8 Å². The van der Waals surface area contributed by atoms with E-state index in [-0.39, 0.29) is 5.97 Å². The van der Waals surface area contributed by atoms with Crippen LogP contribution >= 0.6 is 0 Å². The summed E-state index contributed by atoms with van der Waals surface area (Å²) in [6.07, 6.45) is 3.76. The molecule has 0 aromatic heterocycles. The molecule has 0 atom stereocenters. The maximum Gasteiger partial charge on any atom is 0.310 e. The maximum absolute atomic E-state index is 11.0. The minimum atomic E-state index is -0.395. The van der Waals surface area contributed by atoms with Gasteiger partial charge in [-0.15, -0.1) is 0 Å². The van der Waals surface area contributed by atoms with Crippen LogP contribution in [0.1, 0.15) is 27.2 Å². The summed E-state index contributed by atoms with van der Waals surface area (Å²) in [5.41, 5.74) is 4.81. The highest BCUT2D eigenvalue weighted by atomic mass is 16.6. The van der Waals surface area contributed by atoms with Crippen LogP contribution in [0.15, 0.2) is 12.2 Å².